The highest BCUT2D eigenvalue weighted by Crippen LogP contribution is 2.37. The molecule has 94 valence electrons. The van der Waals surface area contributed by atoms with Gasteiger partial charge in [-0.1, -0.05) is 18.9 Å². The molecule has 0 spiro atoms. The molecule has 5 nitrogen and oxygen atoms in total. The van der Waals surface area contributed by atoms with Crippen molar-refractivity contribution >= 4 is 11.0 Å². The second kappa shape index (κ2) is 4.10. The minimum absolute atomic E-state index is 0.502. The number of hydrogen-bond acceptors (Lipinski definition) is 3. The summed E-state index contributed by atoms with van der Waals surface area (Å²) < 4.78 is 0. The Morgan fingerprint density at radius 2 is 1.83 bits per heavy atom. The van der Waals surface area contributed by atoms with E-state index in [0.717, 1.165) is 12.0 Å². The van der Waals surface area contributed by atoms with Crippen molar-refractivity contribution in [1.29, 1.82) is 0 Å². The molecule has 1 saturated carbocycles. The Morgan fingerprint density at radius 3 is 2.50 bits per heavy atom. The summed E-state index contributed by atoms with van der Waals surface area (Å²) in [6, 6.07) is 5.21. The highest BCUT2D eigenvalue weighted by atomic mass is 16.3. The van der Waals surface area contributed by atoms with Crippen LogP contribution in [0, 0.1) is 5.92 Å². The maximum absolute atomic E-state index is 11.2. The van der Waals surface area contributed by atoms with E-state index in [9.17, 15) is 14.7 Å². The van der Waals surface area contributed by atoms with Gasteiger partial charge >= 0.3 is 11.1 Å². The summed E-state index contributed by atoms with van der Waals surface area (Å²) in [6.45, 7) is 0. The number of aromatic nitrogens is 2. The minimum atomic E-state index is -0.670. The summed E-state index contributed by atoms with van der Waals surface area (Å²) in [5.41, 5.74) is 0.566. The van der Waals surface area contributed by atoms with Crippen LogP contribution in [0.5, 0.6) is 0 Å². The minimum Gasteiger partial charge on any atom is -0.388 e. The Labute approximate surface area is 102 Å². The van der Waals surface area contributed by atoms with Crippen molar-refractivity contribution in [2.75, 3.05) is 0 Å². The van der Waals surface area contributed by atoms with E-state index < -0.39 is 17.2 Å². The third-order valence-corrected chi connectivity index (χ3v) is 3.38. The zero-order chi connectivity index (χ0) is 12.7. The topological polar surface area (TPSA) is 85.9 Å². The van der Waals surface area contributed by atoms with E-state index in [1.54, 1.807) is 18.2 Å². The van der Waals surface area contributed by atoms with Gasteiger partial charge in [0.1, 0.15) is 0 Å². The molecule has 1 aromatic heterocycles. The fourth-order valence-corrected chi connectivity index (χ4v) is 2.15. The van der Waals surface area contributed by atoms with Crippen LogP contribution < -0.4 is 11.1 Å². The number of aliphatic hydroxyl groups is 1. The molecule has 1 atom stereocenters. The van der Waals surface area contributed by atoms with E-state index in [1.807, 2.05) is 0 Å². The molecule has 1 aliphatic carbocycles. The number of aromatic amines is 2. The van der Waals surface area contributed by atoms with Crippen molar-refractivity contribution in [1.82, 2.24) is 9.97 Å². The normalized spacial score (nSPS) is 16.9. The van der Waals surface area contributed by atoms with Gasteiger partial charge < -0.3 is 15.1 Å². The van der Waals surface area contributed by atoms with E-state index in [-0.39, 0.29) is 0 Å². The summed E-state index contributed by atoms with van der Waals surface area (Å²) in [5.74, 6) is 0.630. The molecule has 1 aliphatic rings. The Bertz CT molecular complexity index is 697. The Morgan fingerprint density at radius 1 is 1.17 bits per heavy atom. The number of fused-ring (bicyclic) bond motifs is 1. The zero-order valence-electron chi connectivity index (χ0n) is 9.77. The van der Waals surface area contributed by atoms with Gasteiger partial charge in [-0.15, -0.1) is 0 Å². The lowest BCUT2D eigenvalue weighted by molar-refractivity contribution is 0.160. The summed E-state index contributed by atoms with van der Waals surface area (Å²) in [6.07, 6.45) is 2.64. The largest absolute Gasteiger partial charge is 0.388 e. The SMILES string of the molecule is O=c1[nH]c2ccc(C(O)CC3CC3)cc2[nH]c1=O. The number of hydrogen-bond donors (Lipinski definition) is 3. The van der Waals surface area contributed by atoms with Gasteiger partial charge in [0.25, 0.3) is 0 Å². The second-order valence-electron chi connectivity index (χ2n) is 4.91. The summed E-state index contributed by atoms with van der Waals surface area (Å²) in [7, 11) is 0. The first-order valence-corrected chi connectivity index (χ1v) is 6.08. The molecular weight excluding hydrogens is 232 g/mol. The lowest BCUT2D eigenvalue weighted by atomic mass is 10.0. The molecule has 0 bridgehead atoms. The predicted octanol–water partition coefficient (Wildman–Crippen LogP) is 1.05. The molecular formula is C13H14N2O3. The molecule has 0 amide bonds. The van der Waals surface area contributed by atoms with Crippen LogP contribution in [0.25, 0.3) is 11.0 Å². The lowest BCUT2D eigenvalue weighted by Crippen LogP contribution is -2.28. The van der Waals surface area contributed by atoms with E-state index >= 15 is 0 Å². The van der Waals surface area contributed by atoms with E-state index in [1.165, 1.54) is 12.8 Å². The second-order valence-corrected chi connectivity index (χ2v) is 4.91. The molecule has 0 radical (unpaired) electrons. The molecule has 5 heteroatoms. The van der Waals surface area contributed by atoms with E-state index in [2.05, 4.69) is 9.97 Å². The maximum Gasteiger partial charge on any atom is 0.314 e. The van der Waals surface area contributed by atoms with E-state index in [0.29, 0.717) is 17.0 Å². The van der Waals surface area contributed by atoms with Gasteiger partial charge in [0.2, 0.25) is 0 Å². The van der Waals surface area contributed by atoms with Gasteiger partial charge in [-0.3, -0.25) is 9.59 Å². The molecule has 0 saturated heterocycles. The van der Waals surface area contributed by atoms with Crippen molar-refractivity contribution < 1.29 is 5.11 Å². The molecule has 1 aromatic carbocycles. The maximum atomic E-state index is 11.2. The molecule has 3 N–H and O–H groups in total. The fraction of sp³-hybridized carbons (Fsp3) is 0.385. The van der Waals surface area contributed by atoms with Crippen LogP contribution in [0.15, 0.2) is 27.8 Å². The summed E-state index contributed by atoms with van der Waals surface area (Å²) >= 11 is 0. The highest BCUT2D eigenvalue weighted by Gasteiger charge is 2.25. The first-order chi connectivity index (χ1) is 8.63. The smallest absolute Gasteiger partial charge is 0.314 e. The zero-order valence-corrected chi connectivity index (χ0v) is 9.77. The van der Waals surface area contributed by atoms with Crippen LogP contribution in [-0.4, -0.2) is 15.1 Å². The first kappa shape index (κ1) is 11.2. The predicted molar refractivity (Wildman–Crippen MR) is 67.5 cm³/mol. The van der Waals surface area contributed by atoms with Crippen LogP contribution in [-0.2, 0) is 0 Å². The number of H-pyrrole nitrogens is 2. The van der Waals surface area contributed by atoms with Gasteiger partial charge in [-0.05, 0) is 30.0 Å². The molecule has 1 unspecified atom stereocenters. The van der Waals surface area contributed by atoms with Gasteiger partial charge in [0, 0.05) is 0 Å². The molecule has 0 aliphatic heterocycles. The van der Waals surface area contributed by atoms with Crippen LogP contribution in [0.4, 0.5) is 0 Å². The monoisotopic (exact) mass is 246 g/mol. The Balaban J connectivity index is 2.01. The van der Waals surface area contributed by atoms with Crippen LogP contribution >= 0.6 is 0 Å². The lowest BCUT2D eigenvalue weighted by Gasteiger charge is -2.10. The van der Waals surface area contributed by atoms with E-state index in [4.69, 9.17) is 0 Å². The van der Waals surface area contributed by atoms with Crippen LogP contribution in [0.2, 0.25) is 0 Å². The van der Waals surface area contributed by atoms with Crippen molar-refractivity contribution in [3.8, 4) is 0 Å². The molecule has 2 aromatic rings. The third-order valence-electron chi connectivity index (χ3n) is 3.38. The van der Waals surface area contributed by atoms with Crippen LogP contribution in [0.3, 0.4) is 0 Å². The molecule has 1 fully saturated rings. The average Bonchev–Trinajstić information content (AvgIpc) is 3.14. The van der Waals surface area contributed by atoms with Crippen LogP contribution in [0.1, 0.15) is 30.9 Å². The van der Waals surface area contributed by atoms with Gasteiger partial charge in [0.05, 0.1) is 17.1 Å². The number of rotatable bonds is 3. The first-order valence-electron chi connectivity index (χ1n) is 6.08. The summed E-state index contributed by atoms with van der Waals surface area (Å²) in [4.78, 5) is 27.4. The molecule has 1 heterocycles. The standard InChI is InChI=1S/C13H14N2O3/c16-11(5-7-1-2-7)8-3-4-9-10(6-8)15-13(18)12(17)14-9/h3-4,6-7,11,16H,1-2,5H2,(H,14,17)(H,15,18). The average molecular weight is 246 g/mol. The third kappa shape index (κ3) is 2.09. The van der Waals surface area contributed by atoms with Crippen molar-refractivity contribution in [3.63, 3.8) is 0 Å². The summed E-state index contributed by atoms with van der Waals surface area (Å²) in [5, 5.41) is 10.1. The van der Waals surface area contributed by atoms with Crippen molar-refractivity contribution in [2.45, 2.75) is 25.4 Å². The Kier molecular flexibility index (Phi) is 2.56. The van der Waals surface area contributed by atoms with Gasteiger partial charge in [-0.25, -0.2) is 0 Å². The molecule has 3 rings (SSSR count). The number of nitrogens with one attached hydrogen (secondary N) is 2. The Hall–Kier alpha value is -1.88. The number of aliphatic hydroxyl groups excluding tert-OH is 1. The van der Waals surface area contributed by atoms with Gasteiger partial charge in [0.15, 0.2) is 0 Å². The highest BCUT2D eigenvalue weighted by molar-refractivity contribution is 5.74. The quantitative estimate of drug-likeness (QED) is 0.707. The van der Waals surface area contributed by atoms with Crippen molar-refractivity contribution in [2.24, 2.45) is 5.92 Å². The number of benzene rings is 1. The van der Waals surface area contributed by atoms with Crippen molar-refractivity contribution in [3.05, 3.63) is 44.5 Å². The molecule has 18 heavy (non-hydrogen) atoms. The van der Waals surface area contributed by atoms with Gasteiger partial charge in [-0.2, -0.15) is 0 Å². The fourth-order valence-electron chi connectivity index (χ4n) is 2.15.